The van der Waals surface area contributed by atoms with Gasteiger partial charge in [-0.2, -0.15) is 10.1 Å². The van der Waals surface area contributed by atoms with Gasteiger partial charge in [-0.05, 0) is 26.0 Å². The fraction of sp³-hybridized carbons (Fsp3) is 0.250. The van der Waals surface area contributed by atoms with Crippen LogP contribution in [0.5, 0.6) is 5.88 Å². The number of nitrogens with zero attached hydrogens (tertiary/aromatic N) is 4. The number of hydrogen-bond donors (Lipinski definition) is 2. The summed E-state index contributed by atoms with van der Waals surface area (Å²) in [4.78, 5) is 21.8. The Kier molecular flexibility index (Phi) is 6.10. The number of ether oxygens (including phenoxy) is 2. The van der Waals surface area contributed by atoms with Gasteiger partial charge in [-0.15, -0.1) is 0 Å². The van der Waals surface area contributed by atoms with Crippen molar-refractivity contribution in [1.82, 2.24) is 25.3 Å². The number of carbonyl (C=O) groups is 1. The highest BCUT2D eigenvalue weighted by molar-refractivity contribution is 6.33. The lowest BCUT2D eigenvalue weighted by atomic mass is 10.2. The van der Waals surface area contributed by atoms with Gasteiger partial charge in [-0.3, -0.25) is 9.89 Å². The Hall–Kier alpha value is -3.50. The molecule has 2 N–H and O–H groups in total. The molecule has 0 fully saturated rings. The molecule has 0 spiro atoms. The Morgan fingerprint density at radius 3 is 2.84 bits per heavy atom. The lowest BCUT2D eigenvalue weighted by Gasteiger charge is -2.19. The summed E-state index contributed by atoms with van der Waals surface area (Å²) in [5, 5.41) is 14.1. The number of aromatic nitrogens is 5. The Morgan fingerprint density at radius 1 is 1.26 bits per heavy atom. The van der Waals surface area contributed by atoms with Crippen molar-refractivity contribution in [2.24, 2.45) is 0 Å². The van der Waals surface area contributed by atoms with Crippen LogP contribution in [-0.4, -0.2) is 50.0 Å². The van der Waals surface area contributed by atoms with E-state index in [0.29, 0.717) is 27.4 Å². The highest BCUT2D eigenvalue weighted by Gasteiger charge is 2.25. The maximum absolute atomic E-state index is 12.8. The molecule has 1 aromatic carbocycles. The summed E-state index contributed by atoms with van der Waals surface area (Å²) in [6.45, 7) is 3.72. The first-order valence-corrected chi connectivity index (χ1v) is 9.84. The van der Waals surface area contributed by atoms with Crippen molar-refractivity contribution in [2.75, 3.05) is 11.9 Å². The maximum atomic E-state index is 12.8. The van der Waals surface area contributed by atoms with Crippen LogP contribution < -0.4 is 10.1 Å². The van der Waals surface area contributed by atoms with E-state index in [1.54, 1.807) is 12.1 Å². The lowest BCUT2D eigenvalue weighted by molar-refractivity contribution is -0.126. The Balaban J connectivity index is 1.68. The summed E-state index contributed by atoms with van der Waals surface area (Å²) < 4.78 is 16.4. The number of rotatable bonds is 8. The van der Waals surface area contributed by atoms with E-state index in [9.17, 15) is 4.79 Å². The molecule has 4 rings (SSSR count). The van der Waals surface area contributed by atoms with Gasteiger partial charge in [0.1, 0.15) is 11.6 Å². The number of hydrogen-bond acceptors (Lipinski definition) is 8. The van der Waals surface area contributed by atoms with Crippen LogP contribution >= 0.6 is 11.6 Å². The molecule has 0 aliphatic rings. The molecule has 0 aliphatic heterocycles. The van der Waals surface area contributed by atoms with Crippen molar-refractivity contribution < 1.29 is 18.8 Å². The van der Waals surface area contributed by atoms with Crippen LogP contribution in [0.4, 0.5) is 5.82 Å². The number of aromatic amines is 1. The number of amides is 1. The lowest BCUT2D eigenvalue weighted by Crippen LogP contribution is -2.38. The van der Waals surface area contributed by atoms with E-state index >= 15 is 0 Å². The van der Waals surface area contributed by atoms with Crippen molar-refractivity contribution in [3.05, 3.63) is 47.8 Å². The van der Waals surface area contributed by atoms with E-state index < -0.39 is 12.0 Å². The normalized spacial score (nSPS) is 12.3. The molecular weight excluding hydrogens is 424 g/mol. The molecule has 3 heterocycles. The number of halogens is 1. The van der Waals surface area contributed by atoms with Gasteiger partial charge in [-0.25, -0.2) is 4.98 Å². The third-order valence-corrected chi connectivity index (χ3v) is 4.54. The zero-order valence-electron chi connectivity index (χ0n) is 16.7. The molecule has 0 saturated heterocycles. The number of benzene rings is 1. The van der Waals surface area contributed by atoms with Gasteiger partial charge < -0.3 is 19.3 Å². The second-order valence-corrected chi connectivity index (χ2v) is 7.23. The van der Waals surface area contributed by atoms with Crippen LogP contribution in [0.25, 0.3) is 22.4 Å². The van der Waals surface area contributed by atoms with Crippen LogP contribution in [-0.2, 0) is 9.53 Å². The smallest absolute Gasteiger partial charge is 0.269 e. The standard InChI is InChI=1S/C20H19ClN6O4/c1-11(2)29-10-15(19(28)23-16-7-8-30-27-16)31-20-13-9-22-26-18(13)24-17(25-20)12-5-3-4-6-14(12)21/h3-9,11,15H,10H2,1-2H3,(H,23,27,28)(H,22,24,25,26). The maximum Gasteiger partial charge on any atom is 0.269 e. The zero-order valence-corrected chi connectivity index (χ0v) is 17.5. The molecule has 4 aromatic rings. The largest absolute Gasteiger partial charge is 0.461 e. The molecule has 31 heavy (non-hydrogen) atoms. The van der Waals surface area contributed by atoms with Gasteiger partial charge in [-0.1, -0.05) is 28.9 Å². The third-order valence-electron chi connectivity index (χ3n) is 4.21. The molecule has 11 heteroatoms. The van der Waals surface area contributed by atoms with E-state index in [-0.39, 0.29) is 24.4 Å². The highest BCUT2D eigenvalue weighted by Crippen LogP contribution is 2.30. The average molecular weight is 443 g/mol. The summed E-state index contributed by atoms with van der Waals surface area (Å²) in [6.07, 6.45) is 1.75. The van der Waals surface area contributed by atoms with Crippen LogP contribution in [0.1, 0.15) is 13.8 Å². The first kappa shape index (κ1) is 20.8. The Labute approximate surface area is 181 Å². The minimum atomic E-state index is -1.02. The quantitative estimate of drug-likeness (QED) is 0.424. The molecule has 1 atom stereocenters. The van der Waals surface area contributed by atoms with Gasteiger partial charge in [0, 0.05) is 11.6 Å². The molecule has 1 unspecified atom stereocenters. The van der Waals surface area contributed by atoms with E-state index in [4.69, 9.17) is 25.6 Å². The minimum absolute atomic E-state index is 0.00781. The summed E-state index contributed by atoms with van der Waals surface area (Å²) in [5.74, 6) is 0.291. The molecule has 1 amide bonds. The van der Waals surface area contributed by atoms with Crippen LogP contribution in [0.3, 0.4) is 0 Å². The first-order valence-electron chi connectivity index (χ1n) is 9.47. The summed E-state index contributed by atoms with van der Waals surface area (Å²) in [6, 6.07) is 8.69. The fourth-order valence-electron chi connectivity index (χ4n) is 2.72. The summed E-state index contributed by atoms with van der Waals surface area (Å²) in [7, 11) is 0. The number of nitrogens with one attached hydrogen (secondary N) is 2. The van der Waals surface area contributed by atoms with Crippen molar-refractivity contribution in [3.63, 3.8) is 0 Å². The van der Waals surface area contributed by atoms with E-state index in [2.05, 4.69) is 30.6 Å². The Morgan fingerprint density at radius 2 is 2.10 bits per heavy atom. The number of fused-ring (bicyclic) bond motifs is 1. The second-order valence-electron chi connectivity index (χ2n) is 6.83. The topological polar surface area (TPSA) is 128 Å². The van der Waals surface area contributed by atoms with Crippen LogP contribution in [0.15, 0.2) is 47.3 Å². The fourth-order valence-corrected chi connectivity index (χ4v) is 2.94. The molecular formula is C20H19ClN6O4. The summed E-state index contributed by atoms with van der Waals surface area (Å²) in [5.41, 5.74) is 1.06. The van der Waals surface area contributed by atoms with Crippen LogP contribution in [0, 0.1) is 0 Å². The molecule has 10 nitrogen and oxygen atoms in total. The summed E-state index contributed by atoms with van der Waals surface area (Å²) >= 11 is 6.31. The van der Waals surface area contributed by atoms with Gasteiger partial charge in [0.15, 0.2) is 17.3 Å². The second kappa shape index (κ2) is 9.11. The van der Waals surface area contributed by atoms with Crippen molar-refractivity contribution >= 4 is 34.4 Å². The zero-order chi connectivity index (χ0) is 21.8. The molecule has 160 valence electrons. The van der Waals surface area contributed by atoms with E-state index in [1.165, 1.54) is 18.5 Å². The van der Waals surface area contributed by atoms with Crippen LogP contribution in [0.2, 0.25) is 5.02 Å². The molecule has 0 bridgehead atoms. The Bertz CT molecular complexity index is 1180. The van der Waals surface area contributed by atoms with Gasteiger partial charge >= 0.3 is 0 Å². The van der Waals surface area contributed by atoms with Gasteiger partial charge in [0.2, 0.25) is 12.0 Å². The average Bonchev–Trinajstić information content (AvgIpc) is 3.42. The van der Waals surface area contributed by atoms with Crippen molar-refractivity contribution in [3.8, 4) is 17.3 Å². The predicted octanol–water partition coefficient (Wildman–Crippen LogP) is 3.47. The SMILES string of the molecule is CC(C)OCC(Oc1nc(-c2ccccc2Cl)nc2[nH]ncc12)C(=O)Nc1ccon1. The third kappa shape index (κ3) is 4.81. The highest BCUT2D eigenvalue weighted by atomic mass is 35.5. The van der Waals surface area contributed by atoms with E-state index in [1.807, 2.05) is 26.0 Å². The number of anilines is 1. The molecule has 0 aliphatic carbocycles. The van der Waals surface area contributed by atoms with Crippen molar-refractivity contribution in [1.29, 1.82) is 0 Å². The van der Waals surface area contributed by atoms with Crippen molar-refractivity contribution in [2.45, 2.75) is 26.1 Å². The van der Waals surface area contributed by atoms with Gasteiger partial charge in [0.25, 0.3) is 5.91 Å². The molecule has 0 saturated carbocycles. The number of H-pyrrole nitrogens is 1. The number of carbonyl (C=O) groups excluding carboxylic acids is 1. The predicted molar refractivity (Wildman–Crippen MR) is 113 cm³/mol. The minimum Gasteiger partial charge on any atom is -0.461 e. The molecule has 3 aromatic heterocycles. The monoisotopic (exact) mass is 442 g/mol. The van der Waals surface area contributed by atoms with Gasteiger partial charge in [0.05, 0.1) is 23.9 Å². The first-order chi connectivity index (χ1) is 15.0. The molecule has 0 radical (unpaired) electrons. The van der Waals surface area contributed by atoms with E-state index in [0.717, 1.165) is 0 Å².